The summed E-state index contributed by atoms with van der Waals surface area (Å²) in [7, 11) is -1.38. The number of aliphatic imine (C=N–C) groups is 1. The van der Waals surface area contributed by atoms with Crippen LogP contribution in [0.1, 0.15) is 0 Å². The highest BCUT2D eigenvalue weighted by atomic mass is 16.4. The fourth-order valence-electron chi connectivity index (χ4n) is 0.550. The first-order chi connectivity index (χ1) is 4.30. The molecule has 0 aromatic carbocycles. The van der Waals surface area contributed by atoms with Crippen molar-refractivity contribution in [3.8, 4) is 0 Å². The quantitative estimate of drug-likeness (QED) is 0.375. The van der Waals surface area contributed by atoms with E-state index in [1.807, 2.05) is 0 Å². The van der Waals surface area contributed by atoms with Crippen LogP contribution in [0.3, 0.4) is 0 Å². The maximum atomic E-state index is 8.55. The summed E-state index contributed by atoms with van der Waals surface area (Å²) in [5.74, 6) is 0. The molecule has 0 amide bonds. The molecule has 5 heteroatoms. The van der Waals surface area contributed by atoms with Crippen LogP contribution in [0.5, 0.6) is 0 Å². The maximum Gasteiger partial charge on any atom is 0.487 e. The fraction of sp³-hybridized carbons (Fsp3) is 0.250. The van der Waals surface area contributed by atoms with Gasteiger partial charge in [-0.2, -0.15) is 0 Å². The first kappa shape index (κ1) is 6.32. The second-order valence-electron chi connectivity index (χ2n) is 1.73. The lowest BCUT2D eigenvalue weighted by Gasteiger charge is -2.05. The predicted molar refractivity (Wildman–Crippen MR) is 34.8 cm³/mol. The Morgan fingerprint density at radius 2 is 2.44 bits per heavy atom. The highest BCUT2D eigenvalue weighted by Crippen LogP contribution is 1.96. The van der Waals surface area contributed by atoms with Gasteiger partial charge < -0.3 is 15.4 Å². The van der Waals surface area contributed by atoms with Crippen LogP contribution >= 0.6 is 0 Å². The molecule has 0 aromatic rings. The minimum absolute atomic E-state index is 0.366. The van der Waals surface area contributed by atoms with Crippen molar-refractivity contribution in [1.82, 2.24) is 5.32 Å². The average molecular weight is 126 g/mol. The lowest BCUT2D eigenvalue weighted by atomic mass is 9.80. The highest BCUT2D eigenvalue weighted by molar-refractivity contribution is 6.51. The molecule has 0 aromatic heterocycles. The van der Waals surface area contributed by atoms with Crippen LogP contribution in [0, 0.1) is 0 Å². The Kier molecular flexibility index (Phi) is 1.86. The van der Waals surface area contributed by atoms with Gasteiger partial charge in [0.15, 0.2) is 0 Å². The van der Waals surface area contributed by atoms with Gasteiger partial charge in [-0.1, -0.05) is 0 Å². The Labute approximate surface area is 53.1 Å². The largest absolute Gasteiger partial charge is 0.487 e. The van der Waals surface area contributed by atoms with E-state index in [1.54, 1.807) is 0 Å². The Hall–Kier alpha value is -0.805. The van der Waals surface area contributed by atoms with E-state index in [4.69, 9.17) is 10.0 Å². The smallest absolute Gasteiger partial charge is 0.423 e. The molecule has 0 saturated carbocycles. The van der Waals surface area contributed by atoms with Crippen LogP contribution in [-0.2, 0) is 0 Å². The molecule has 0 bridgehead atoms. The monoisotopic (exact) mass is 126 g/mol. The van der Waals surface area contributed by atoms with Gasteiger partial charge in [0.05, 0.1) is 12.9 Å². The first-order valence-corrected chi connectivity index (χ1v) is 2.60. The summed E-state index contributed by atoms with van der Waals surface area (Å²) >= 11 is 0. The van der Waals surface area contributed by atoms with E-state index in [0.717, 1.165) is 0 Å². The minimum atomic E-state index is -1.38. The van der Waals surface area contributed by atoms with Crippen LogP contribution in [-0.4, -0.2) is 30.0 Å². The second-order valence-corrected chi connectivity index (χ2v) is 1.73. The SMILES string of the molecule is OB(O)C1=CNC=NC1. The number of hydrogen-bond donors (Lipinski definition) is 3. The van der Waals surface area contributed by atoms with Crippen molar-refractivity contribution in [2.24, 2.45) is 4.99 Å². The van der Waals surface area contributed by atoms with Crippen molar-refractivity contribution >= 4 is 13.5 Å². The summed E-state index contributed by atoms with van der Waals surface area (Å²) in [5, 5.41) is 19.7. The molecule has 0 atom stereocenters. The maximum absolute atomic E-state index is 8.55. The summed E-state index contributed by atoms with van der Waals surface area (Å²) in [6.07, 6.45) is 3.03. The third-order valence-corrected chi connectivity index (χ3v) is 1.04. The van der Waals surface area contributed by atoms with Crippen LogP contribution in [0.2, 0.25) is 0 Å². The van der Waals surface area contributed by atoms with E-state index >= 15 is 0 Å². The second kappa shape index (κ2) is 2.66. The Bertz CT molecular complexity index is 155. The third kappa shape index (κ3) is 1.55. The van der Waals surface area contributed by atoms with Gasteiger partial charge in [0.2, 0.25) is 0 Å². The van der Waals surface area contributed by atoms with Gasteiger partial charge in [-0.25, -0.2) is 0 Å². The Morgan fingerprint density at radius 3 is 2.78 bits per heavy atom. The molecule has 9 heavy (non-hydrogen) atoms. The van der Waals surface area contributed by atoms with Gasteiger partial charge in [0, 0.05) is 0 Å². The normalized spacial score (nSPS) is 16.4. The molecule has 1 aliphatic rings. The van der Waals surface area contributed by atoms with Crippen molar-refractivity contribution in [2.45, 2.75) is 0 Å². The lowest BCUT2D eigenvalue weighted by molar-refractivity contribution is 0.417. The van der Waals surface area contributed by atoms with Gasteiger partial charge in [-0.05, 0) is 11.7 Å². The summed E-state index contributed by atoms with van der Waals surface area (Å²) in [6, 6.07) is 0. The predicted octanol–water partition coefficient (Wildman–Crippen LogP) is -1.49. The van der Waals surface area contributed by atoms with Gasteiger partial charge in [-0.15, -0.1) is 0 Å². The van der Waals surface area contributed by atoms with Crippen LogP contribution < -0.4 is 5.32 Å². The van der Waals surface area contributed by atoms with E-state index in [0.29, 0.717) is 12.0 Å². The van der Waals surface area contributed by atoms with Gasteiger partial charge >= 0.3 is 7.12 Å². The molecule has 0 radical (unpaired) electrons. The Balaban J connectivity index is 2.50. The molecule has 0 saturated heterocycles. The summed E-state index contributed by atoms with van der Waals surface area (Å²) in [5.41, 5.74) is 0.484. The number of hydrogen-bond acceptors (Lipinski definition) is 4. The van der Waals surface area contributed by atoms with E-state index in [9.17, 15) is 0 Å². The molecule has 4 nitrogen and oxygen atoms in total. The molecular formula is C4H7BN2O2. The molecule has 0 fully saturated rings. The fourth-order valence-corrected chi connectivity index (χ4v) is 0.550. The molecule has 0 unspecified atom stereocenters. The molecule has 48 valence electrons. The van der Waals surface area contributed by atoms with E-state index in [-0.39, 0.29) is 0 Å². The van der Waals surface area contributed by atoms with E-state index in [2.05, 4.69) is 10.3 Å². The van der Waals surface area contributed by atoms with Crippen LogP contribution in [0.4, 0.5) is 0 Å². The Morgan fingerprint density at radius 1 is 1.67 bits per heavy atom. The van der Waals surface area contributed by atoms with Crippen molar-refractivity contribution in [3.63, 3.8) is 0 Å². The molecule has 1 rings (SSSR count). The van der Waals surface area contributed by atoms with Gasteiger partial charge in [0.1, 0.15) is 0 Å². The molecule has 0 spiro atoms. The number of nitrogens with one attached hydrogen (secondary N) is 1. The highest BCUT2D eigenvalue weighted by Gasteiger charge is 2.14. The average Bonchev–Trinajstić information content (AvgIpc) is 1.90. The zero-order valence-corrected chi connectivity index (χ0v) is 4.78. The van der Waals surface area contributed by atoms with Crippen molar-refractivity contribution in [1.29, 1.82) is 0 Å². The molecule has 1 heterocycles. The summed E-state index contributed by atoms with van der Waals surface area (Å²) in [4.78, 5) is 3.76. The molecule has 3 N–H and O–H groups in total. The van der Waals surface area contributed by atoms with Crippen LogP contribution in [0.25, 0.3) is 0 Å². The summed E-state index contributed by atoms with van der Waals surface area (Å²) in [6.45, 7) is 0.366. The van der Waals surface area contributed by atoms with Crippen LogP contribution in [0.15, 0.2) is 16.7 Å². The summed E-state index contributed by atoms with van der Waals surface area (Å²) < 4.78 is 0. The molecule has 1 aliphatic heterocycles. The molecular weight excluding hydrogens is 119 g/mol. The standard InChI is InChI=1S/C4H7BN2O2/c8-5(9)4-1-6-3-7-2-4/h1,3,8-9H,2H2,(H,6,7). The molecule has 0 aliphatic carbocycles. The lowest BCUT2D eigenvalue weighted by Crippen LogP contribution is -2.23. The number of nitrogens with zero attached hydrogens (tertiary/aromatic N) is 1. The zero-order valence-electron chi connectivity index (χ0n) is 4.78. The number of rotatable bonds is 1. The van der Waals surface area contributed by atoms with Crippen molar-refractivity contribution in [3.05, 3.63) is 11.7 Å². The topological polar surface area (TPSA) is 64.8 Å². The van der Waals surface area contributed by atoms with Crippen molar-refractivity contribution < 1.29 is 10.0 Å². The van der Waals surface area contributed by atoms with E-state index < -0.39 is 7.12 Å². The van der Waals surface area contributed by atoms with Gasteiger partial charge in [0.25, 0.3) is 0 Å². The zero-order chi connectivity index (χ0) is 6.69. The van der Waals surface area contributed by atoms with E-state index in [1.165, 1.54) is 12.5 Å². The van der Waals surface area contributed by atoms with Gasteiger partial charge in [-0.3, -0.25) is 4.99 Å². The minimum Gasteiger partial charge on any atom is -0.423 e. The first-order valence-electron chi connectivity index (χ1n) is 2.60. The van der Waals surface area contributed by atoms with Crippen molar-refractivity contribution in [2.75, 3.05) is 6.54 Å². The third-order valence-electron chi connectivity index (χ3n) is 1.04.